The summed E-state index contributed by atoms with van der Waals surface area (Å²) in [7, 11) is -3.53. The zero-order valence-corrected chi connectivity index (χ0v) is 24.7. The first kappa shape index (κ1) is 30.9. The third-order valence-electron chi connectivity index (χ3n) is 6.59. The summed E-state index contributed by atoms with van der Waals surface area (Å²) < 4.78 is 26.4. The highest BCUT2D eigenvalue weighted by Crippen LogP contribution is 2.20. The minimum atomic E-state index is -3.53. The van der Waals surface area contributed by atoms with Gasteiger partial charge in [0.05, 0.1) is 11.9 Å². The SMILES string of the molecule is Cc1cccc(CN(C(=O)CCCN(c2ccccc2)S(C)(=O)=O)[C@@H](Cc2ccccc2)C(=O)NCC(C)C)c1. The van der Waals surface area contributed by atoms with Gasteiger partial charge in [0.15, 0.2) is 0 Å². The highest BCUT2D eigenvalue weighted by molar-refractivity contribution is 7.92. The molecule has 1 atom stereocenters. The molecule has 7 nitrogen and oxygen atoms in total. The van der Waals surface area contributed by atoms with Gasteiger partial charge >= 0.3 is 0 Å². The van der Waals surface area contributed by atoms with Gasteiger partial charge in [0, 0.05) is 32.5 Å². The van der Waals surface area contributed by atoms with E-state index in [1.807, 2.05) is 81.4 Å². The molecule has 3 rings (SSSR count). The molecule has 3 aromatic carbocycles. The fourth-order valence-electron chi connectivity index (χ4n) is 4.58. The van der Waals surface area contributed by atoms with E-state index < -0.39 is 16.1 Å². The molecule has 0 aliphatic carbocycles. The van der Waals surface area contributed by atoms with Crippen LogP contribution in [-0.2, 0) is 32.6 Å². The molecular weight excluding hydrogens is 522 g/mol. The molecule has 0 aliphatic heterocycles. The second-order valence-corrected chi connectivity index (χ2v) is 12.5. The Morgan fingerprint density at radius 1 is 0.875 bits per heavy atom. The average Bonchev–Trinajstić information content (AvgIpc) is 2.92. The van der Waals surface area contributed by atoms with E-state index in [2.05, 4.69) is 5.32 Å². The van der Waals surface area contributed by atoms with E-state index in [0.717, 1.165) is 16.7 Å². The molecule has 0 saturated carbocycles. The monoisotopic (exact) mass is 563 g/mol. The van der Waals surface area contributed by atoms with E-state index in [4.69, 9.17) is 0 Å². The molecular formula is C32H41N3O4S. The van der Waals surface area contributed by atoms with Crippen LogP contribution in [0.15, 0.2) is 84.9 Å². The van der Waals surface area contributed by atoms with Gasteiger partial charge in [0.25, 0.3) is 0 Å². The van der Waals surface area contributed by atoms with Crippen LogP contribution < -0.4 is 9.62 Å². The number of aryl methyl sites for hydroxylation is 1. The Hall–Kier alpha value is -3.65. The van der Waals surface area contributed by atoms with Gasteiger partial charge in [0.2, 0.25) is 21.8 Å². The molecule has 1 N–H and O–H groups in total. The molecule has 0 radical (unpaired) electrons. The number of rotatable bonds is 14. The lowest BCUT2D eigenvalue weighted by Gasteiger charge is -2.32. The van der Waals surface area contributed by atoms with Crippen molar-refractivity contribution in [2.75, 3.05) is 23.7 Å². The van der Waals surface area contributed by atoms with Gasteiger partial charge in [-0.05, 0) is 42.5 Å². The van der Waals surface area contributed by atoms with Gasteiger partial charge in [-0.25, -0.2) is 8.42 Å². The van der Waals surface area contributed by atoms with Crippen LogP contribution in [-0.4, -0.2) is 50.5 Å². The van der Waals surface area contributed by atoms with E-state index >= 15 is 0 Å². The molecule has 0 spiro atoms. The molecule has 8 heteroatoms. The molecule has 0 bridgehead atoms. The number of amides is 2. The molecule has 0 fully saturated rings. The van der Waals surface area contributed by atoms with E-state index in [9.17, 15) is 18.0 Å². The van der Waals surface area contributed by atoms with Gasteiger partial charge < -0.3 is 10.2 Å². The molecule has 0 unspecified atom stereocenters. The van der Waals surface area contributed by atoms with Crippen LogP contribution >= 0.6 is 0 Å². The Morgan fingerprint density at radius 3 is 2.10 bits per heavy atom. The summed E-state index contributed by atoms with van der Waals surface area (Å²) in [4.78, 5) is 29.1. The Kier molecular flexibility index (Phi) is 11.3. The fraction of sp³-hybridized carbons (Fsp3) is 0.375. The van der Waals surface area contributed by atoms with Crippen molar-refractivity contribution in [2.24, 2.45) is 5.92 Å². The predicted molar refractivity (Wildman–Crippen MR) is 161 cm³/mol. The Balaban J connectivity index is 1.87. The lowest BCUT2D eigenvalue weighted by Crippen LogP contribution is -2.51. The first-order valence-electron chi connectivity index (χ1n) is 13.7. The molecule has 0 saturated heterocycles. The number of hydrogen-bond donors (Lipinski definition) is 1. The topological polar surface area (TPSA) is 86.8 Å². The maximum atomic E-state index is 13.9. The fourth-order valence-corrected chi connectivity index (χ4v) is 5.55. The number of nitrogens with zero attached hydrogens (tertiary/aromatic N) is 2. The average molecular weight is 564 g/mol. The van der Waals surface area contributed by atoms with Crippen molar-refractivity contribution >= 4 is 27.5 Å². The number of sulfonamides is 1. The predicted octanol–water partition coefficient (Wildman–Crippen LogP) is 4.95. The number of para-hydroxylation sites is 1. The van der Waals surface area contributed by atoms with Crippen LogP contribution in [0.3, 0.4) is 0 Å². The largest absolute Gasteiger partial charge is 0.354 e. The smallest absolute Gasteiger partial charge is 0.243 e. The first-order valence-corrected chi connectivity index (χ1v) is 15.6. The molecule has 214 valence electrons. The summed E-state index contributed by atoms with van der Waals surface area (Å²) in [5.74, 6) is -0.119. The number of hydrogen-bond acceptors (Lipinski definition) is 4. The lowest BCUT2D eigenvalue weighted by molar-refractivity contribution is -0.141. The first-order chi connectivity index (χ1) is 19.0. The van der Waals surface area contributed by atoms with Crippen LogP contribution in [0.5, 0.6) is 0 Å². The highest BCUT2D eigenvalue weighted by atomic mass is 32.2. The van der Waals surface area contributed by atoms with Crippen molar-refractivity contribution < 1.29 is 18.0 Å². The van der Waals surface area contributed by atoms with E-state index in [-0.39, 0.29) is 37.2 Å². The van der Waals surface area contributed by atoms with Gasteiger partial charge in [-0.3, -0.25) is 13.9 Å². The van der Waals surface area contributed by atoms with Gasteiger partial charge in [-0.15, -0.1) is 0 Å². The van der Waals surface area contributed by atoms with Crippen LogP contribution in [0.25, 0.3) is 0 Å². The number of benzene rings is 3. The summed E-state index contributed by atoms with van der Waals surface area (Å²) in [6.07, 6.45) is 1.97. The van der Waals surface area contributed by atoms with E-state index in [1.165, 1.54) is 10.6 Å². The van der Waals surface area contributed by atoms with Gasteiger partial charge in [0.1, 0.15) is 6.04 Å². The van der Waals surface area contributed by atoms with Crippen molar-refractivity contribution in [1.29, 1.82) is 0 Å². The van der Waals surface area contributed by atoms with E-state index in [0.29, 0.717) is 25.1 Å². The van der Waals surface area contributed by atoms with Crippen LogP contribution in [0.1, 0.15) is 43.4 Å². The quantitative estimate of drug-likeness (QED) is 0.301. The summed E-state index contributed by atoms with van der Waals surface area (Å²) in [6.45, 7) is 7.01. The lowest BCUT2D eigenvalue weighted by atomic mass is 10.0. The number of carbonyl (C=O) groups excluding carboxylic acids is 2. The zero-order chi connectivity index (χ0) is 29.1. The maximum Gasteiger partial charge on any atom is 0.243 e. The van der Waals surface area contributed by atoms with E-state index in [1.54, 1.807) is 29.2 Å². The van der Waals surface area contributed by atoms with Crippen LogP contribution in [0.2, 0.25) is 0 Å². The highest BCUT2D eigenvalue weighted by Gasteiger charge is 2.30. The Labute approximate surface area is 239 Å². The zero-order valence-electron chi connectivity index (χ0n) is 23.9. The van der Waals surface area contributed by atoms with Crippen molar-refractivity contribution in [2.45, 2.75) is 52.6 Å². The van der Waals surface area contributed by atoms with Crippen LogP contribution in [0, 0.1) is 12.8 Å². The minimum Gasteiger partial charge on any atom is -0.354 e. The summed E-state index contributed by atoms with van der Waals surface area (Å²) in [5, 5.41) is 3.03. The molecule has 0 aromatic heterocycles. The number of carbonyl (C=O) groups is 2. The van der Waals surface area contributed by atoms with Crippen molar-refractivity contribution in [3.8, 4) is 0 Å². The van der Waals surface area contributed by atoms with Crippen molar-refractivity contribution in [1.82, 2.24) is 10.2 Å². The molecule has 40 heavy (non-hydrogen) atoms. The maximum absolute atomic E-state index is 13.9. The third-order valence-corrected chi connectivity index (χ3v) is 7.78. The molecule has 2 amide bonds. The van der Waals surface area contributed by atoms with Crippen molar-refractivity contribution in [3.63, 3.8) is 0 Å². The van der Waals surface area contributed by atoms with Gasteiger partial charge in [-0.2, -0.15) is 0 Å². The summed E-state index contributed by atoms with van der Waals surface area (Å²) in [6, 6.07) is 25.8. The molecule has 0 aliphatic rings. The second kappa shape index (κ2) is 14.7. The molecule has 0 heterocycles. The van der Waals surface area contributed by atoms with Crippen molar-refractivity contribution in [3.05, 3.63) is 102 Å². The third kappa shape index (κ3) is 9.52. The summed E-state index contributed by atoms with van der Waals surface area (Å²) >= 11 is 0. The Morgan fingerprint density at radius 2 is 1.50 bits per heavy atom. The standard InChI is InChI=1S/C32H41N3O4S/c1-25(2)23-33-32(37)30(22-27-14-7-5-8-15-27)34(24-28-16-11-13-26(3)21-28)31(36)19-12-20-35(40(4,38)39)29-17-9-6-10-18-29/h5-11,13-18,21,25,30H,12,19-20,22-24H2,1-4H3,(H,33,37)/t30-/m0/s1. The second-order valence-electron chi connectivity index (χ2n) is 10.6. The summed E-state index contributed by atoms with van der Waals surface area (Å²) in [5.41, 5.74) is 3.52. The normalized spacial score (nSPS) is 12.1. The molecule has 3 aromatic rings. The number of nitrogens with one attached hydrogen (secondary N) is 1. The number of anilines is 1. The van der Waals surface area contributed by atoms with Gasteiger partial charge in [-0.1, -0.05) is 92.2 Å². The minimum absolute atomic E-state index is 0.105. The Bertz CT molecular complexity index is 1340. The van der Waals surface area contributed by atoms with Crippen LogP contribution in [0.4, 0.5) is 5.69 Å².